The number of carbonyl (C=O) groups is 2. The van der Waals surface area contributed by atoms with E-state index < -0.39 is 33.3 Å². The molecular formula is C11H13NO7S. The number of phenols is 1. The van der Waals surface area contributed by atoms with E-state index in [0.717, 1.165) is 18.2 Å². The first-order valence-electron chi connectivity index (χ1n) is 5.40. The van der Waals surface area contributed by atoms with Crippen LogP contribution in [0.5, 0.6) is 5.75 Å². The largest absolute Gasteiger partial charge is 0.507 e. The number of nitrogens with one attached hydrogen (secondary N) is 1. The number of benzene rings is 1. The summed E-state index contributed by atoms with van der Waals surface area (Å²) in [5.41, 5.74) is -0.527. The van der Waals surface area contributed by atoms with Gasteiger partial charge in [-0.15, -0.1) is 0 Å². The van der Waals surface area contributed by atoms with E-state index in [1.165, 1.54) is 7.11 Å². The molecule has 0 aliphatic rings. The van der Waals surface area contributed by atoms with E-state index in [4.69, 9.17) is 5.11 Å². The number of ether oxygens (including phenoxy) is 1. The van der Waals surface area contributed by atoms with Crippen LogP contribution in [0.25, 0.3) is 0 Å². The molecule has 8 nitrogen and oxygen atoms in total. The number of esters is 1. The molecule has 110 valence electrons. The van der Waals surface area contributed by atoms with Gasteiger partial charge >= 0.3 is 11.9 Å². The molecular weight excluding hydrogens is 290 g/mol. The Hall–Kier alpha value is -2.13. The van der Waals surface area contributed by atoms with Gasteiger partial charge in [0, 0.05) is 6.54 Å². The fraction of sp³-hybridized carbons (Fsp3) is 0.273. The zero-order valence-electron chi connectivity index (χ0n) is 10.5. The Kier molecular flexibility index (Phi) is 5.06. The molecule has 0 radical (unpaired) electrons. The van der Waals surface area contributed by atoms with Crippen molar-refractivity contribution in [3.8, 4) is 5.75 Å². The highest BCUT2D eigenvalue weighted by atomic mass is 32.2. The van der Waals surface area contributed by atoms with Gasteiger partial charge in [0.2, 0.25) is 10.0 Å². The Labute approximate surface area is 115 Å². The molecule has 0 atom stereocenters. The first kappa shape index (κ1) is 15.9. The SMILES string of the molecule is COC(=O)CCNS(=O)(=O)c1ccc(O)c(C(=O)O)c1. The third-order valence-electron chi connectivity index (χ3n) is 2.36. The summed E-state index contributed by atoms with van der Waals surface area (Å²) in [6.45, 7) is -0.182. The Bertz CT molecular complexity index is 624. The molecule has 9 heteroatoms. The van der Waals surface area contributed by atoms with Gasteiger partial charge in [0.15, 0.2) is 0 Å². The number of sulfonamides is 1. The molecule has 20 heavy (non-hydrogen) atoms. The third-order valence-corrected chi connectivity index (χ3v) is 3.82. The fourth-order valence-corrected chi connectivity index (χ4v) is 2.38. The molecule has 1 aromatic rings. The van der Waals surface area contributed by atoms with Crippen molar-refractivity contribution in [3.63, 3.8) is 0 Å². The maximum absolute atomic E-state index is 11.9. The van der Waals surface area contributed by atoms with Crippen LogP contribution in [0.4, 0.5) is 0 Å². The molecule has 0 amide bonds. The normalized spacial score (nSPS) is 11.1. The molecule has 0 fully saturated rings. The maximum atomic E-state index is 11.9. The number of aromatic carboxylic acids is 1. The number of hydrogen-bond acceptors (Lipinski definition) is 6. The van der Waals surface area contributed by atoms with Crippen LogP contribution in [0.3, 0.4) is 0 Å². The molecule has 0 spiro atoms. The summed E-state index contributed by atoms with van der Waals surface area (Å²) in [6, 6.07) is 2.86. The van der Waals surface area contributed by atoms with Crippen molar-refractivity contribution in [3.05, 3.63) is 23.8 Å². The Morgan fingerprint density at radius 1 is 1.35 bits per heavy atom. The highest BCUT2D eigenvalue weighted by Gasteiger charge is 2.18. The summed E-state index contributed by atoms with van der Waals surface area (Å²) >= 11 is 0. The van der Waals surface area contributed by atoms with Crippen molar-refractivity contribution in [1.82, 2.24) is 4.72 Å². The second kappa shape index (κ2) is 6.35. The van der Waals surface area contributed by atoms with E-state index in [1.54, 1.807) is 0 Å². The van der Waals surface area contributed by atoms with E-state index in [0.29, 0.717) is 0 Å². The monoisotopic (exact) mass is 303 g/mol. The lowest BCUT2D eigenvalue weighted by Gasteiger charge is -2.07. The van der Waals surface area contributed by atoms with Gasteiger partial charge in [-0.1, -0.05) is 0 Å². The van der Waals surface area contributed by atoms with Gasteiger partial charge in [0.1, 0.15) is 11.3 Å². The molecule has 0 aliphatic carbocycles. The van der Waals surface area contributed by atoms with E-state index >= 15 is 0 Å². The number of carboxylic acid groups (broad SMARTS) is 1. The van der Waals surface area contributed by atoms with E-state index in [9.17, 15) is 23.1 Å². The number of hydrogen-bond donors (Lipinski definition) is 3. The molecule has 1 aromatic carbocycles. The quantitative estimate of drug-likeness (QED) is 0.627. The zero-order chi connectivity index (χ0) is 15.3. The van der Waals surface area contributed by atoms with Crippen LogP contribution in [-0.2, 0) is 19.6 Å². The van der Waals surface area contributed by atoms with Gasteiger partial charge in [-0.25, -0.2) is 17.9 Å². The van der Waals surface area contributed by atoms with Gasteiger partial charge in [-0.05, 0) is 18.2 Å². The van der Waals surface area contributed by atoms with E-state index in [1.807, 2.05) is 0 Å². The first-order valence-corrected chi connectivity index (χ1v) is 6.89. The average Bonchev–Trinajstić information content (AvgIpc) is 2.38. The van der Waals surface area contributed by atoms with Crippen LogP contribution >= 0.6 is 0 Å². The maximum Gasteiger partial charge on any atom is 0.339 e. The summed E-state index contributed by atoms with van der Waals surface area (Å²) in [7, 11) is -2.79. The fourth-order valence-electron chi connectivity index (χ4n) is 1.33. The molecule has 0 unspecified atom stereocenters. The predicted molar refractivity (Wildman–Crippen MR) is 66.9 cm³/mol. The summed E-state index contributed by atoms with van der Waals surface area (Å²) in [6.07, 6.45) is -0.153. The number of methoxy groups -OCH3 is 1. The molecule has 0 bridgehead atoms. The van der Waals surface area contributed by atoms with Crippen LogP contribution in [0.1, 0.15) is 16.8 Å². The first-order chi connectivity index (χ1) is 9.27. The van der Waals surface area contributed by atoms with Crippen LogP contribution in [0.2, 0.25) is 0 Å². The highest BCUT2D eigenvalue weighted by molar-refractivity contribution is 7.89. The standard InChI is InChI=1S/C11H13NO7S/c1-19-10(14)4-5-12-20(17,18)7-2-3-9(13)8(6-7)11(15)16/h2-3,6,12-13H,4-5H2,1H3,(H,15,16). The molecule has 0 aliphatic heterocycles. The molecule has 0 aromatic heterocycles. The van der Waals surface area contributed by atoms with Gasteiger partial charge in [0.25, 0.3) is 0 Å². The van der Waals surface area contributed by atoms with Crippen molar-refractivity contribution in [2.24, 2.45) is 0 Å². The highest BCUT2D eigenvalue weighted by Crippen LogP contribution is 2.21. The third kappa shape index (κ3) is 3.93. The molecule has 3 N–H and O–H groups in total. The van der Waals surface area contributed by atoms with Crippen molar-refractivity contribution in [2.75, 3.05) is 13.7 Å². The second-order valence-electron chi connectivity index (χ2n) is 3.71. The summed E-state index contributed by atoms with van der Waals surface area (Å²) in [5, 5.41) is 18.1. The number of carbonyl (C=O) groups excluding carboxylic acids is 1. The van der Waals surface area contributed by atoms with Gasteiger partial charge in [-0.3, -0.25) is 4.79 Å². The number of rotatable bonds is 6. The molecule has 0 saturated heterocycles. The Morgan fingerprint density at radius 2 is 2.00 bits per heavy atom. The van der Waals surface area contributed by atoms with Crippen LogP contribution in [0.15, 0.2) is 23.1 Å². The van der Waals surface area contributed by atoms with E-state index in [2.05, 4.69) is 9.46 Å². The molecule has 0 heterocycles. The number of carboxylic acids is 1. The van der Waals surface area contributed by atoms with Gasteiger partial charge < -0.3 is 14.9 Å². The zero-order valence-corrected chi connectivity index (χ0v) is 11.3. The molecule has 0 saturated carbocycles. The van der Waals surface area contributed by atoms with Crippen molar-refractivity contribution in [2.45, 2.75) is 11.3 Å². The second-order valence-corrected chi connectivity index (χ2v) is 5.47. The Balaban J connectivity index is 2.90. The average molecular weight is 303 g/mol. The number of aromatic hydroxyl groups is 1. The lowest BCUT2D eigenvalue weighted by atomic mass is 10.2. The lowest BCUT2D eigenvalue weighted by molar-refractivity contribution is -0.140. The summed E-state index contributed by atoms with van der Waals surface area (Å²) in [5.74, 6) is -2.57. The smallest absolute Gasteiger partial charge is 0.339 e. The minimum Gasteiger partial charge on any atom is -0.507 e. The van der Waals surface area contributed by atoms with Crippen LogP contribution < -0.4 is 4.72 Å². The Morgan fingerprint density at radius 3 is 2.55 bits per heavy atom. The minimum atomic E-state index is -3.97. The van der Waals surface area contributed by atoms with Crippen LogP contribution in [0, 0.1) is 0 Å². The van der Waals surface area contributed by atoms with Gasteiger partial charge in [-0.2, -0.15) is 0 Å². The minimum absolute atomic E-state index is 0.153. The lowest BCUT2D eigenvalue weighted by Crippen LogP contribution is -2.26. The molecule has 1 rings (SSSR count). The van der Waals surface area contributed by atoms with Gasteiger partial charge in [0.05, 0.1) is 18.4 Å². The van der Waals surface area contributed by atoms with Crippen molar-refractivity contribution in [1.29, 1.82) is 0 Å². The van der Waals surface area contributed by atoms with Crippen molar-refractivity contribution >= 4 is 22.0 Å². The van der Waals surface area contributed by atoms with Crippen molar-refractivity contribution < 1.29 is 33.0 Å². The van der Waals surface area contributed by atoms with Crippen LogP contribution in [-0.4, -0.2) is 44.2 Å². The van der Waals surface area contributed by atoms with E-state index in [-0.39, 0.29) is 17.9 Å². The summed E-state index contributed by atoms with van der Waals surface area (Å²) < 4.78 is 30.2. The topological polar surface area (TPSA) is 130 Å². The summed E-state index contributed by atoms with van der Waals surface area (Å²) in [4.78, 5) is 21.3. The predicted octanol–water partition coefficient (Wildman–Crippen LogP) is -0.0682.